The predicted octanol–water partition coefficient (Wildman–Crippen LogP) is 4.03. The normalized spacial score (nSPS) is 11.1. The van der Waals surface area contributed by atoms with Gasteiger partial charge in [-0.05, 0) is 13.0 Å². The number of ketones is 1. The van der Waals surface area contributed by atoms with Crippen LogP contribution in [0.5, 0.6) is 0 Å². The van der Waals surface area contributed by atoms with E-state index >= 15 is 0 Å². The standard InChI is InChI=1S/C18H16Cl2N6OS/c1-11-5-7-12(8-6-11)15(27)10-28-18-25-24-17(26(18)21)23-22-9-13-3-2-4-14(19)16(13)20/h2-9H,10,21H2,1H3,(H,23,24)/b22-9+. The first-order valence-corrected chi connectivity index (χ1v) is 9.86. The molecular formula is C18H16Cl2N6OS. The number of halogens is 2. The summed E-state index contributed by atoms with van der Waals surface area (Å²) in [4.78, 5) is 12.3. The van der Waals surface area contributed by atoms with Gasteiger partial charge in [0.25, 0.3) is 5.95 Å². The maximum Gasteiger partial charge on any atom is 0.264 e. The van der Waals surface area contributed by atoms with Crippen LogP contribution in [0.1, 0.15) is 21.5 Å². The minimum absolute atomic E-state index is 0.0175. The number of rotatable bonds is 7. The van der Waals surface area contributed by atoms with Crippen molar-refractivity contribution in [3.8, 4) is 0 Å². The van der Waals surface area contributed by atoms with Crippen LogP contribution in [0.4, 0.5) is 5.95 Å². The van der Waals surface area contributed by atoms with E-state index in [1.807, 2.05) is 19.1 Å². The monoisotopic (exact) mass is 434 g/mol. The summed E-state index contributed by atoms with van der Waals surface area (Å²) in [6, 6.07) is 12.6. The molecule has 3 aromatic rings. The highest BCUT2D eigenvalue weighted by atomic mass is 35.5. The molecule has 0 bridgehead atoms. The highest BCUT2D eigenvalue weighted by molar-refractivity contribution is 7.99. The Morgan fingerprint density at radius 3 is 2.75 bits per heavy atom. The molecular weight excluding hydrogens is 419 g/mol. The van der Waals surface area contributed by atoms with Crippen LogP contribution in [-0.4, -0.2) is 32.6 Å². The highest BCUT2D eigenvalue weighted by Gasteiger charge is 2.13. The van der Waals surface area contributed by atoms with Gasteiger partial charge in [0, 0.05) is 11.1 Å². The molecule has 3 rings (SSSR count). The number of hydrogen-bond donors (Lipinski definition) is 2. The molecule has 3 N–H and O–H groups in total. The minimum atomic E-state index is -0.0175. The van der Waals surface area contributed by atoms with E-state index in [1.54, 1.807) is 30.3 Å². The number of aryl methyl sites for hydroxylation is 1. The number of nitrogen functional groups attached to an aromatic ring is 1. The number of anilines is 1. The molecule has 1 aromatic heterocycles. The van der Waals surface area contributed by atoms with E-state index in [9.17, 15) is 4.79 Å². The lowest BCUT2D eigenvalue weighted by Crippen LogP contribution is -2.14. The molecule has 144 valence electrons. The van der Waals surface area contributed by atoms with Crippen LogP contribution < -0.4 is 11.3 Å². The van der Waals surface area contributed by atoms with E-state index < -0.39 is 0 Å². The minimum Gasteiger partial charge on any atom is -0.334 e. The Bertz CT molecular complexity index is 1020. The molecule has 0 aliphatic rings. The largest absolute Gasteiger partial charge is 0.334 e. The number of thioether (sulfide) groups is 1. The van der Waals surface area contributed by atoms with Gasteiger partial charge in [-0.2, -0.15) is 5.10 Å². The van der Waals surface area contributed by atoms with E-state index in [1.165, 1.54) is 22.7 Å². The molecule has 2 aromatic carbocycles. The van der Waals surface area contributed by atoms with E-state index in [-0.39, 0.29) is 17.5 Å². The van der Waals surface area contributed by atoms with Crippen molar-refractivity contribution in [1.29, 1.82) is 0 Å². The average molecular weight is 435 g/mol. The zero-order valence-corrected chi connectivity index (χ0v) is 17.1. The zero-order valence-electron chi connectivity index (χ0n) is 14.8. The number of nitrogens with two attached hydrogens (primary N) is 1. The van der Waals surface area contributed by atoms with Crippen LogP contribution in [0.25, 0.3) is 0 Å². The summed E-state index contributed by atoms with van der Waals surface area (Å²) in [6.07, 6.45) is 1.50. The summed E-state index contributed by atoms with van der Waals surface area (Å²) in [5, 5.41) is 13.2. The predicted molar refractivity (Wildman–Crippen MR) is 114 cm³/mol. The molecule has 7 nitrogen and oxygen atoms in total. The van der Waals surface area contributed by atoms with E-state index in [2.05, 4.69) is 20.7 Å². The van der Waals surface area contributed by atoms with Crippen molar-refractivity contribution in [1.82, 2.24) is 14.9 Å². The van der Waals surface area contributed by atoms with Crippen LogP contribution in [0.3, 0.4) is 0 Å². The van der Waals surface area contributed by atoms with Crippen molar-refractivity contribution < 1.29 is 4.79 Å². The third-order valence-electron chi connectivity index (χ3n) is 3.72. The molecule has 0 aliphatic carbocycles. The summed E-state index contributed by atoms with van der Waals surface area (Å²) < 4.78 is 1.23. The Kier molecular flexibility index (Phi) is 6.56. The second kappa shape index (κ2) is 9.09. The first-order valence-electron chi connectivity index (χ1n) is 8.12. The lowest BCUT2D eigenvalue weighted by Gasteiger charge is -2.03. The molecule has 0 radical (unpaired) electrons. The van der Waals surface area contributed by atoms with Crippen LogP contribution in [0.15, 0.2) is 52.7 Å². The fourth-order valence-corrected chi connectivity index (χ4v) is 3.29. The third-order valence-corrected chi connectivity index (χ3v) is 5.50. The number of nitrogens with one attached hydrogen (secondary N) is 1. The lowest BCUT2D eigenvalue weighted by atomic mass is 10.1. The first-order chi connectivity index (χ1) is 13.5. The molecule has 0 fully saturated rings. The third kappa shape index (κ3) is 4.83. The van der Waals surface area contributed by atoms with Crippen molar-refractivity contribution in [3.05, 3.63) is 69.2 Å². The maximum atomic E-state index is 12.3. The second-order valence-electron chi connectivity index (χ2n) is 5.77. The van der Waals surface area contributed by atoms with Crippen molar-refractivity contribution in [3.63, 3.8) is 0 Å². The number of hydrogen-bond acceptors (Lipinski definition) is 7. The molecule has 0 atom stereocenters. The number of carbonyl (C=O) groups is 1. The van der Waals surface area contributed by atoms with Crippen molar-refractivity contribution in [2.24, 2.45) is 5.10 Å². The first kappa shape index (κ1) is 20.2. The van der Waals surface area contributed by atoms with Gasteiger partial charge in [-0.1, -0.05) is 76.9 Å². The van der Waals surface area contributed by atoms with Crippen molar-refractivity contribution >= 4 is 52.9 Å². The number of hydrazone groups is 1. The van der Waals surface area contributed by atoms with Crippen LogP contribution in [0, 0.1) is 6.92 Å². The van der Waals surface area contributed by atoms with E-state index in [4.69, 9.17) is 29.0 Å². The number of carbonyl (C=O) groups excluding carboxylic acids is 1. The molecule has 0 spiro atoms. The second-order valence-corrected chi connectivity index (χ2v) is 7.49. The SMILES string of the molecule is Cc1ccc(C(=O)CSc2nnc(N/N=C/c3cccc(Cl)c3Cl)n2N)cc1. The van der Waals surface area contributed by atoms with Crippen LogP contribution >= 0.6 is 35.0 Å². The molecule has 10 heteroatoms. The zero-order chi connectivity index (χ0) is 20.1. The molecule has 28 heavy (non-hydrogen) atoms. The van der Waals surface area contributed by atoms with Gasteiger partial charge in [-0.25, -0.2) is 10.1 Å². The number of Topliss-reactive ketones (excluding diaryl/α,β-unsaturated/α-hetero) is 1. The number of nitrogens with zero attached hydrogens (tertiary/aromatic N) is 4. The average Bonchev–Trinajstić information content (AvgIpc) is 3.03. The molecule has 0 aliphatic heterocycles. The van der Waals surface area contributed by atoms with Crippen LogP contribution in [-0.2, 0) is 0 Å². The Hall–Kier alpha value is -2.55. The van der Waals surface area contributed by atoms with Crippen molar-refractivity contribution in [2.45, 2.75) is 12.1 Å². The fraction of sp³-hybridized carbons (Fsp3) is 0.111. The molecule has 0 saturated heterocycles. The lowest BCUT2D eigenvalue weighted by molar-refractivity contribution is 0.102. The van der Waals surface area contributed by atoms with E-state index in [0.717, 1.165) is 5.56 Å². The summed E-state index contributed by atoms with van der Waals surface area (Å²) in [7, 11) is 0. The van der Waals surface area contributed by atoms with Gasteiger partial charge in [0.05, 0.1) is 22.0 Å². The maximum absolute atomic E-state index is 12.3. The Labute approximate surface area is 175 Å². The summed E-state index contributed by atoms with van der Waals surface area (Å²) in [5.74, 6) is 6.36. The summed E-state index contributed by atoms with van der Waals surface area (Å²) in [5.41, 5.74) is 5.07. The van der Waals surface area contributed by atoms with Gasteiger partial charge < -0.3 is 5.84 Å². The van der Waals surface area contributed by atoms with Gasteiger partial charge >= 0.3 is 0 Å². The highest BCUT2D eigenvalue weighted by Crippen LogP contribution is 2.24. The van der Waals surface area contributed by atoms with Crippen LogP contribution in [0.2, 0.25) is 10.0 Å². The van der Waals surface area contributed by atoms with Gasteiger partial charge in [0.1, 0.15) is 0 Å². The topological polar surface area (TPSA) is 98.2 Å². The van der Waals surface area contributed by atoms with Gasteiger partial charge in [0.2, 0.25) is 5.16 Å². The molecule has 1 heterocycles. The Balaban J connectivity index is 1.60. The molecule has 0 amide bonds. The van der Waals surface area contributed by atoms with Gasteiger partial charge in [0.15, 0.2) is 5.78 Å². The smallest absolute Gasteiger partial charge is 0.264 e. The van der Waals surface area contributed by atoms with Crippen molar-refractivity contribution in [2.75, 3.05) is 17.0 Å². The van der Waals surface area contributed by atoms with E-state index in [0.29, 0.717) is 26.3 Å². The number of aromatic nitrogens is 3. The quantitative estimate of drug-likeness (QED) is 0.191. The Morgan fingerprint density at radius 1 is 1.25 bits per heavy atom. The fourth-order valence-electron chi connectivity index (χ4n) is 2.18. The summed E-state index contributed by atoms with van der Waals surface area (Å²) >= 11 is 13.2. The molecule has 0 unspecified atom stereocenters. The van der Waals surface area contributed by atoms with Gasteiger partial charge in [-0.3, -0.25) is 4.79 Å². The summed E-state index contributed by atoms with van der Waals surface area (Å²) in [6.45, 7) is 1.97. The molecule has 0 saturated carbocycles. The van der Waals surface area contributed by atoms with Gasteiger partial charge in [-0.15, -0.1) is 10.2 Å². The number of benzene rings is 2. The Morgan fingerprint density at radius 2 is 2.00 bits per heavy atom.